The molecule has 2 aliphatic rings. The van der Waals surface area contributed by atoms with Gasteiger partial charge >= 0.3 is 5.97 Å². The van der Waals surface area contributed by atoms with Crippen LogP contribution in [0.1, 0.15) is 49.7 Å². The highest BCUT2D eigenvalue weighted by Crippen LogP contribution is 2.52. The van der Waals surface area contributed by atoms with Crippen LogP contribution in [0.15, 0.2) is 17.5 Å². The summed E-state index contributed by atoms with van der Waals surface area (Å²) in [4.78, 5) is 38.6. The molecule has 1 aliphatic heterocycles. The molecular weight excluding hydrogens is 352 g/mol. The quantitative estimate of drug-likeness (QED) is 0.799. The van der Waals surface area contributed by atoms with Crippen molar-refractivity contribution in [3.8, 4) is 0 Å². The van der Waals surface area contributed by atoms with Gasteiger partial charge in [-0.15, -0.1) is 11.3 Å². The van der Waals surface area contributed by atoms with Crippen LogP contribution in [0.25, 0.3) is 0 Å². The zero-order chi connectivity index (χ0) is 18.9. The predicted octanol–water partition coefficient (Wildman–Crippen LogP) is 2.45. The first-order valence-electron chi connectivity index (χ1n) is 8.94. The Labute approximate surface area is 157 Å². The summed E-state index contributed by atoms with van der Waals surface area (Å²) in [7, 11) is 0. The van der Waals surface area contributed by atoms with Crippen LogP contribution in [-0.4, -0.2) is 48.4 Å². The molecule has 1 aromatic rings. The summed E-state index contributed by atoms with van der Waals surface area (Å²) in [5, 5.41) is 4.30. The number of ether oxygens (including phenoxy) is 1. The Morgan fingerprint density at radius 1 is 1.31 bits per heavy atom. The zero-order valence-electron chi connectivity index (χ0n) is 15.5. The lowest BCUT2D eigenvalue weighted by Gasteiger charge is -2.39. The average Bonchev–Trinajstić information content (AvgIpc) is 3.15. The highest BCUT2D eigenvalue weighted by molar-refractivity contribution is 7.12. The van der Waals surface area contributed by atoms with E-state index >= 15 is 0 Å². The van der Waals surface area contributed by atoms with Crippen molar-refractivity contribution in [2.45, 2.75) is 46.1 Å². The Hall–Kier alpha value is -1.89. The summed E-state index contributed by atoms with van der Waals surface area (Å²) in [6, 6.07) is 3.68. The van der Waals surface area contributed by atoms with Crippen molar-refractivity contribution in [3.05, 3.63) is 22.4 Å². The average molecular weight is 378 g/mol. The Bertz CT molecular complexity index is 700. The van der Waals surface area contributed by atoms with Crippen LogP contribution in [-0.2, 0) is 14.3 Å². The number of fused-ring (bicyclic) bond motifs is 2. The minimum Gasteiger partial charge on any atom is -0.454 e. The normalized spacial score (nSPS) is 26.4. The number of carbonyl (C=O) groups is 3. The molecule has 7 heteroatoms. The number of amides is 2. The van der Waals surface area contributed by atoms with Crippen molar-refractivity contribution < 1.29 is 19.1 Å². The molecule has 3 rings (SSSR count). The van der Waals surface area contributed by atoms with Crippen molar-refractivity contribution in [1.29, 1.82) is 0 Å². The standard InChI is InChI=1S/C19H26N2O4S/c1-18(2)7-13-8-19(3,11-18)12-21(13)15(22)10-25-16(23)9-20-17(24)14-5-4-6-26-14/h4-6,13H,7-12H2,1-3H3,(H,20,24)/t13-,19-/m0/s1. The van der Waals surface area contributed by atoms with E-state index in [4.69, 9.17) is 4.74 Å². The first kappa shape index (κ1) is 18.9. The summed E-state index contributed by atoms with van der Waals surface area (Å²) in [5.74, 6) is -1.06. The van der Waals surface area contributed by atoms with E-state index in [0.29, 0.717) is 4.88 Å². The molecular formula is C19H26N2O4S. The number of hydrogen-bond donors (Lipinski definition) is 1. The van der Waals surface area contributed by atoms with Gasteiger partial charge in [0, 0.05) is 12.6 Å². The molecule has 2 bridgehead atoms. The Morgan fingerprint density at radius 3 is 2.77 bits per heavy atom. The molecule has 0 aromatic carbocycles. The third kappa shape index (κ3) is 4.26. The molecule has 26 heavy (non-hydrogen) atoms. The number of thiophene rings is 1. The van der Waals surface area contributed by atoms with Gasteiger partial charge in [-0.1, -0.05) is 26.8 Å². The number of rotatable bonds is 5. The van der Waals surface area contributed by atoms with E-state index in [-0.39, 0.29) is 41.8 Å². The van der Waals surface area contributed by atoms with Gasteiger partial charge in [0.05, 0.1) is 4.88 Å². The van der Waals surface area contributed by atoms with Crippen molar-refractivity contribution in [2.75, 3.05) is 19.7 Å². The lowest BCUT2D eigenvalue weighted by atomic mass is 9.65. The Kier molecular flexibility index (Phi) is 5.10. The second kappa shape index (κ2) is 7.02. The largest absolute Gasteiger partial charge is 0.454 e. The van der Waals surface area contributed by atoms with Gasteiger partial charge in [-0.3, -0.25) is 14.4 Å². The third-order valence-electron chi connectivity index (χ3n) is 5.23. The number of carbonyl (C=O) groups excluding carboxylic acids is 3. The van der Waals surface area contributed by atoms with E-state index in [1.54, 1.807) is 17.5 Å². The fourth-order valence-electron chi connectivity index (χ4n) is 4.68. The summed E-state index contributed by atoms with van der Waals surface area (Å²) in [6.45, 7) is 6.97. The monoisotopic (exact) mass is 378 g/mol. The van der Waals surface area contributed by atoms with E-state index in [9.17, 15) is 14.4 Å². The topological polar surface area (TPSA) is 75.7 Å². The van der Waals surface area contributed by atoms with Gasteiger partial charge in [-0.05, 0) is 41.5 Å². The minimum atomic E-state index is -0.600. The molecule has 1 N–H and O–H groups in total. The van der Waals surface area contributed by atoms with Crippen molar-refractivity contribution in [3.63, 3.8) is 0 Å². The second-order valence-corrected chi connectivity index (χ2v) is 9.50. The molecule has 1 saturated carbocycles. The van der Waals surface area contributed by atoms with Crippen LogP contribution in [0.2, 0.25) is 0 Å². The van der Waals surface area contributed by atoms with Gasteiger partial charge in [-0.2, -0.15) is 0 Å². The lowest BCUT2D eigenvalue weighted by Crippen LogP contribution is -2.40. The molecule has 1 saturated heterocycles. The number of esters is 1. The molecule has 2 amide bonds. The van der Waals surface area contributed by atoms with E-state index in [2.05, 4.69) is 26.1 Å². The van der Waals surface area contributed by atoms with Gasteiger partial charge in [0.25, 0.3) is 11.8 Å². The maximum absolute atomic E-state index is 12.5. The summed E-state index contributed by atoms with van der Waals surface area (Å²) >= 11 is 1.30. The Balaban J connectivity index is 1.45. The van der Waals surface area contributed by atoms with E-state index < -0.39 is 5.97 Å². The first-order chi connectivity index (χ1) is 12.2. The summed E-state index contributed by atoms with van der Waals surface area (Å²) in [5.41, 5.74) is 0.385. The zero-order valence-corrected chi connectivity index (χ0v) is 16.4. The maximum Gasteiger partial charge on any atom is 0.325 e. The van der Waals surface area contributed by atoms with E-state index in [1.165, 1.54) is 11.3 Å². The minimum absolute atomic E-state index is 0.144. The van der Waals surface area contributed by atoms with Crippen LogP contribution in [0.4, 0.5) is 0 Å². The summed E-state index contributed by atoms with van der Waals surface area (Å²) < 4.78 is 5.08. The SMILES string of the molecule is CC1(C)C[C@H]2C[C@](C)(CN2C(=O)COC(=O)CNC(=O)c2cccs2)C1. The van der Waals surface area contributed by atoms with Crippen molar-refractivity contribution in [1.82, 2.24) is 10.2 Å². The first-order valence-corrected chi connectivity index (χ1v) is 9.82. The maximum atomic E-state index is 12.5. The highest BCUT2D eigenvalue weighted by atomic mass is 32.1. The number of nitrogens with zero attached hydrogens (tertiary/aromatic N) is 1. The van der Waals surface area contributed by atoms with Crippen LogP contribution >= 0.6 is 11.3 Å². The van der Waals surface area contributed by atoms with Crippen molar-refractivity contribution in [2.24, 2.45) is 10.8 Å². The van der Waals surface area contributed by atoms with Crippen LogP contribution < -0.4 is 5.32 Å². The molecule has 0 unspecified atom stereocenters. The molecule has 0 spiro atoms. The molecule has 2 heterocycles. The lowest BCUT2D eigenvalue weighted by molar-refractivity contribution is -0.151. The van der Waals surface area contributed by atoms with Crippen molar-refractivity contribution >= 4 is 29.1 Å². The predicted molar refractivity (Wildman–Crippen MR) is 98.9 cm³/mol. The van der Waals surface area contributed by atoms with E-state index in [0.717, 1.165) is 25.8 Å². The van der Waals surface area contributed by atoms with Gasteiger partial charge in [0.15, 0.2) is 6.61 Å². The molecule has 2 fully saturated rings. The number of hydrogen-bond acceptors (Lipinski definition) is 5. The van der Waals surface area contributed by atoms with Gasteiger partial charge in [0.2, 0.25) is 0 Å². The fraction of sp³-hybridized carbons (Fsp3) is 0.632. The summed E-state index contributed by atoms with van der Waals surface area (Å²) in [6.07, 6.45) is 3.11. The molecule has 6 nitrogen and oxygen atoms in total. The van der Waals surface area contributed by atoms with Gasteiger partial charge in [0.1, 0.15) is 6.54 Å². The third-order valence-corrected chi connectivity index (χ3v) is 6.10. The molecule has 0 radical (unpaired) electrons. The molecule has 1 aromatic heterocycles. The van der Waals surface area contributed by atoms with Crippen LogP contribution in [0, 0.1) is 10.8 Å². The van der Waals surface area contributed by atoms with Crippen LogP contribution in [0.5, 0.6) is 0 Å². The van der Waals surface area contributed by atoms with Gasteiger partial charge < -0.3 is 15.0 Å². The molecule has 142 valence electrons. The number of nitrogens with one attached hydrogen (secondary N) is 1. The van der Waals surface area contributed by atoms with Gasteiger partial charge in [-0.25, -0.2) is 0 Å². The highest BCUT2D eigenvalue weighted by Gasteiger charge is 2.50. The smallest absolute Gasteiger partial charge is 0.325 e. The van der Waals surface area contributed by atoms with Crippen LogP contribution in [0.3, 0.4) is 0 Å². The fourth-order valence-corrected chi connectivity index (χ4v) is 5.32. The number of likely N-dealkylation sites (tertiary alicyclic amines) is 1. The van der Waals surface area contributed by atoms with E-state index in [1.807, 2.05) is 4.90 Å². The second-order valence-electron chi connectivity index (χ2n) is 8.56. The molecule has 1 aliphatic carbocycles. The Morgan fingerprint density at radius 2 is 2.08 bits per heavy atom. The molecule has 2 atom stereocenters.